The fourth-order valence-electron chi connectivity index (χ4n) is 3.18. The van der Waals surface area contributed by atoms with Crippen LogP contribution in [0.15, 0.2) is 25.3 Å². The van der Waals surface area contributed by atoms with E-state index in [-0.39, 0.29) is 0 Å². The maximum absolute atomic E-state index is 5.60. The van der Waals surface area contributed by atoms with E-state index in [0.29, 0.717) is 12.1 Å². The number of nitrogens with two attached hydrogens (primary N) is 2. The Morgan fingerprint density at radius 2 is 1.21 bits per heavy atom. The van der Waals surface area contributed by atoms with Crippen LogP contribution in [0.25, 0.3) is 0 Å². The fraction of sp³-hybridized carbons (Fsp3) is 0.778. The predicted molar refractivity (Wildman–Crippen MR) is 113 cm³/mol. The average Bonchev–Trinajstić information content (AvgIpc) is 2.58. The Kier molecular flexibility index (Phi) is 13.1. The summed E-state index contributed by atoms with van der Waals surface area (Å²) in [5.41, 5.74) is 11.2. The molecule has 0 aromatic heterocycles. The Hall–Kier alpha value is 0.0200. The lowest BCUT2D eigenvalue weighted by atomic mass is 10.0. The molecule has 2 atom stereocenters. The van der Waals surface area contributed by atoms with Crippen molar-refractivity contribution in [1.82, 2.24) is 9.80 Å². The maximum Gasteiger partial charge on any atom is 0.0258 e. The monoisotopic (exact) mass is 372 g/mol. The van der Waals surface area contributed by atoms with Gasteiger partial charge in [0.1, 0.15) is 0 Å². The van der Waals surface area contributed by atoms with E-state index in [4.69, 9.17) is 11.5 Å². The molecule has 1 saturated heterocycles. The summed E-state index contributed by atoms with van der Waals surface area (Å²) in [5, 5.41) is 0. The molecular formula is C18H36N4S2. The first-order chi connectivity index (χ1) is 11.8. The van der Waals surface area contributed by atoms with Gasteiger partial charge in [0.2, 0.25) is 0 Å². The molecule has 1 aliphatic rings. The number of hydrogen-bond donors (Lipinski definition) is 2. The molecule has 0 spiro atoms. The highest BCUT2D eigenvalue weighted by molar-refractivity contribution is 7.99. The van der Waals surface area contributed by atoms with Gasteiger partial charge in [0.05, 0.1) is 0 Å². The summed E-state index contributed by atoms with van der Waals surface area (Å²) in [6.07, 6.45) is 6.27. The summed E-state index contributed by atoms with van der Waals surface area (Å²) in [7, 11) is 0. The number of piperazine rings is 1. The topological polar surface area (TPSA) is 58.5 Å². The van der Waals surface area contributed by atoms with Crippen LogP contribution in [-0.4, -0.2) is 84.2 Å². The second-order valence-corrected chi connectivity index (χ2v) is 8.60. The molecule has 140 valence electrons. The van der Waals surface area contributed by atoms with E-state index in [0.717, 1.165) is 75.1 Å². The van der Waals surface area contributed by atoms with Crippen molar-refractivity contribution in [2.75, 3.05) is 62.3 Å². The maximum atomic E-state index is 5.60. The SMILES string of the molecule is C=CCC1CN(CCSCCN)C(CC=C)CN1CCSCCN. The molecule has 0 saturated carbocycles. The zero-order chi connectivity index (χ0) is 17.6. The minimum absolute atomic E-state index is 0.585. The molecular weight excluding hydrogens is 336 g/mol. The van der Waals surface area contributed by atoms with Crippen LogP contribution in [0, 0.1) is 0 Å². The minimum atomic E-state index is 0.585. The summed E-state index contributed by atoms with van der Waals surface area (Å²) < 4.78 is 0. The summed E-state index contributed by atoms with van der Waals surface area (Å²) in [6, 6.07) is 1.17. The summed E-state index contributed by atoms with van der Waals surface area (Å²) in [6.45, 7) is 14.0. The number of thioether (sulfide) groups is 2. The zero-order valence-electron chi connectivity index (χ0n) is 15.1. The molecule has 24 heavy (non-hydrogen) atoms. The Bertz CT molecular complexity index is 309. The lowest BCUT2D eigenvalue weighted by molar-refractivity contribution is 0.0383. The zero-order valence-corrected chi connectivity index (χ0v) is 16.7. The van der Waals surface area contributed by atoms with E-state index in [1.807, 2.05) is 23.5 Å². The van der Waals surface area contributed by atoms with Crippen LogP contribution in [0.4, 0.5) is 0 Å². The molecule has 4 nitrogen and oxygen atoms in total. The molecule has 2 unspecified atom stereocenters. The summed E-state index contributed by atoms with van der Waals surface area (Å²) in [4.78, 5) is 5.31. The van der Waals surface area contributed by atoms with Crippen molar-refractivity contribution in [3.05, 3.63) is 25.3 Å². The third-order valence-electron chi connectivity index (χ3n) is 4.37. The number of rotatable bonds is 14. The quantitative estimate of drug-likeness (QED) is 0.359. The van der Waals surface area contributed by atoms with E-state index in [2.05, 4.69) is 35.1 Å². The molecule has 1 fully saturated rings. The average molecular weight is 373 g/mol. The van der Waals surface area contributed by atoms with Crippen molar-refractivity contribution in [2.24, 2.45) is 11.5 Å². The van der Waals surface area contributed by atoms with E-state index < -0.39 is 0 Å². The molecule has 1 aliphatic heterocycles. The molecule has 0 aliphatic carbocycles. The highest BCUT2D eigenvalue weighted by Gasteiger charge is 2.31. The molecule has 1 rings (SSSR count). The van der Waals surface area contributed by atoms with E-state index in [1.54, 1.807) is 0 Å². The van der Waals surface area contributed by atoms with Gasteiger partial charge < -0.3 is 11.5 Å². The van der Waals surface area contributed by atoms with Gasteiger partial charge in [-0.2, -0.15) is 23.5 Å². The molecule has 1 heterocycles. The van der Waals surface area contributed by atoms with Crippen molar-refractivity contribution in [3.8, 4) is 0 Å². The first-order valence-corrected chi connectivity index (χ1v) is 11.3. The lowest BCUT2D eigenvalue weighted by Gasteiger charge is -2.46. The van der Waals surface area contributed by atoms with Crippen LogP contribution in [0.5, 0.6) is 0 Å². The molecule has 0 amide bonds. The first kappa shape index (κ1) is 22.1. The Labute approximate surface area is 157 Å². The highest BCUT2D eigenvalue weighted by atomic mass is 32.2. The standard InChI is InChI=1S/C18H36N4S2/c1-3-5-17-15-22(10-14-24-12-8-20)18(6-4-2)16-21(17)9-13-23-11-7-19/h3-4,17-18H,1-2,5-16,19-20H2. The van der Waals surface area contributed by atoms with E-state index in [1.165, 1.54) is 0 Å². The van der Waals surface area contributed by atoms with Crippen LogP contribution in [-0.2, 0) is 0 Å². The van der Waals surface area contributed by atoms with Crippen molar-refractivity contribution in [1.29, 1.82) is 0 Å². The summed E-state index contributed by atoms with van der Waals surface area (Å²) >= 11 is 3.92. The van der Waals surface area contributed by atoms with Crippen molar-refractivity contribution < 1.29 is 0 Å². The van der Waals surface area contributed by atoms with Gasteiger partial charge in [0, 0.05) is 74.4 Å². The molecule has 0 aromatic carbocycles. The van der Waals surface area contributed by atoms with Gasteiger partial charge in [-0.1, -0.05) is 12.2 Å². The van der Waals surface area contributed by atoms with Crippen LogP contribution in [0.2, 0.25) is 0 Å². The molecule has 0 aromatic rings. The van der Waals surface area contributed by atoms with Gasteiger partial charge in [0.25, 0.3) is 0 Å². The Morgan fingerprint density at radius 1 is 0.792 bits per heavy atom. The normalized spacial score (nSPS) is 22.6. The van der Waals surface area contributed by atoms with Gasteiger partial charge in [-0.3, -0.25) is 9.80 Å². The van der Waals surface area contributed by atoms with Gasteiger partial charge in [-0.05, 0) is 12.8 Å². The smallest absolute Gasteiger partial charge is 0.0258 e. The second kappa shape index (κ2) is 14.2. The van der Waals surface area contributed by atoms with E-state index in [9.17, 15) is 0 Å². The first-order valence-electron chi connectivity index (χ1n) is 9.02. The Morgan fingerprint density at radius 3 is 1.54 bits per heavy atom. The van der Waals surface area contributed by atoms with Gasteiger partial charge >= 0.3 is 0 Å². The van der Waals surface area contributed by atoms with Crippen LogP contribution in [0.3, 0.4) is 0 Å². The third kappa shape index (κ3) is 8.41. The largest absolute Gasteiger partial charge is 0.330 e. The van der Waals surface area contributed by atoms with Gasteiger partial charge in [0.15, 0.2) is 0 Å². The van der Waals surface area contributed by atoms with Gasteiger partial charge in [-0.15, -0.1) is 13.2 Å². The second-order valence-electron chi connectivity index (χ2n) is 6.15. The van der Waals surface area contributed by atoms with Crippen LogP contribution in [0.1, 0.15) is 12.8 Å². The predicted octanol–water partition coefficient (Wildman–Crippen LogP) is 1.88. The van der Waals surface area contributed by atoms with E-state index >= 15 is 0 Å². The number of hydrogen-bond acceptors (Lipinski definition) is 6. The molecule has 0 bridgehead atoms. The third-order valence-corrected chi connectivity index (χ3v) is 6.36. The molecule has 6 heteroatoms. The van der Waals surface area contributed by atoms with Crippen molar-refractivity contribution in [3.63, 3.8) is 0 Å². The summed E-state index contributed by atoms with van der Waals surface area (Å²) in [5.74, 6) is 4.44. The molecule has 0 radical (unpaired) electrons. The Balaban J connectivity index is 2.57. The minimum Gasteiger partial charge on any atom is -0.330 e. The van der Waals surface area contributed by atoms with Crippen molar-refractivity contribution in [2.45, 2.75) is 24.9 Å². The van der Waals surface area contributed by atoms with Crippen molar-refractivity contribution >= 4 is 23.5 Å². The van der Waals surface area contributed by atoms with Crippen LogP contribution >= 0.6 is 23.5 Å². The highest BCUT2D eigenvalue weighted by Crippen LogP contribution is 2.21. The van der Waals surface area contributed by atoms with Gasteiger partial charge in [-0.25, -0.2) is 0 Å². The fourth-order valence-corrected chi connectivity index (χ4v) is 4.65. The molecule has 4 N–H and O–H groups in total. The van der Waals surface area contributed by atoms with Crippen LogP contribution < -0.4 is 11.5 Å². The number of nitrogens with zero attached hydrogens (tertiary/aromatic N) is 2. The lowest BCUT2D eigenvalue weighted by Crippen LogP contribution is -2.58.